The fourth-order valence-electron chi connectivity index (χ4n) is 2.92. The molecule has 1 aliphatic rings. The van der Waals surface area contributed by atoms with Gasteiger partial charge in [0.2, 0.25) is 5.91 Å². The molecule has 2 heterocycles. The number of hydrogen-bond donors (Lipinski definition) is 1. The van der Waals surface area contributed by atoms with Gasteiger partial charge in [-0.15, -0.1) is 0 Å². The standard InChI is InChI=1S/C18H24N4O2/c1-15(20-18(23)9-13-21-11-4-5-14-24-21)16-7-2-3-8-17(16)22-12-6-10-19-22/h2-3,6-8,10,12,15H,4-5,9,11,13-14H2,1H3,(H,20,23)/t15-/m1/s1. The van der Waals surface area contributed by atoms with E-state index in [2.05, 4.69) is 10.4 Å². The molecule has 6 nitrogen and oxygen atoms in total. The number of benzene rings is 1. The van der Waals surface area contributed by atoms with E-state index in [1.807, 2.05) is 53.2 Å². The molecule has 0 spiro atoms. The molecule has 1 amide bonds. The summed E-state index contributed by atoms with van der Waals surface area (Å²) in [7, 11) is 0. The van der Waals surface area contributed by atoms with Gasteiger partial charge >= 0.3 is 0 Å². The number of carbonyl (C=O) groups is 1. The minimum absolute atomic E-state index is 0.0342. The maximum absolute atomic E-state index is 12.3. The summed E-state index contributed by atoms with van der Waals surface area (Å²) in [4.78, 5) is 17.8. The quantitative estimate of drug-likeness (QED) is 0.885. The summed E-state index contributed by atoms with van der Waals surface area (Å²) in [6.07, 6.45) is 6.33. The Morgan fingerprint density at radius 2 is 2.21 bits per heavy atom. The molecule has 1 fully saturated rings. The van der Waals surface area contributed by atoms with Crippen LogP contribution in [0.3, 0.4) is 0 Å². The van der Waals surface area contributed by atoms with E-state index in [4.69, 9.17) is 4.84 Å². The Hall–Kier alpha value is -2.18. The largest absolute Gasteiger partial charge is 0.349 e. The van der Waals surface area contributed by atoms with E-state index < -0.39 is 0 Å². The smallest absolute Gasteiger partial charge is 0.221 e. The number of aromatic nitrogens is 2. The van der Waals surface area contributed by atoms with Crippen LogP contribution in [-0.4, -0.2) is 40.4 Å². The van der Waals surface area contributed by atoms with Crippen LogP contribution in [0.15, 0.2) is 42.7 Å². The van der Waals surface area contributed by atoms with Crippen LogP contribution >= 0.6 is 0 Å². The molecule has 0 unspecified atom stereocenters. The second-order valence-electron chi connectivity index (χ2n) is 6.02. The number of para-hydroxylation sites is 1. The summed E-state index contributed by atoms with van der Waals surface area (Å²) in [6.45, 7) is 4.30. The molecule has 1 aromatic heterocycles. The molecule has 1 aromatic carbocycles. The molecule has 1 saturated heterocycles. The Balaban J connectivity index is 1.58. The number of hydroxylamine groups is 2. The minimum Gasteiger partial charge on any atom is -0.349 e. The number of rotatable bonds is 6. The van der Waals surface area contributed by atoms with E-state index >= 15 is 0 Å². The third-order valence-electron chi connectivity index (χ3n) is 4.20. The van der Waals surface area contributed by atoms with Crippen molar-refractivity contribution in [2.45, 2.75) is 32.2 Å². The minimum atomic E-state index is -0.0832. The number of hydrogen-bond acceptors (Lipinski definition) is 4. The summed E-state index contributed by atoms with van der Waals surface area (Å²) >= 11 is 0. The highest BCUT2D eigenvalue weighted by atomic mass is 16.7. The van der Waals surface area contributed by atoms with E-state index in [9.17, 15) is 4.79 Å². The first-order valence-corrected chi connectivity index (χ1v) is 8.50. The third kappa shape index (κ3) is 4.21. The molecule has 24 heavy (non-hydrogen) atoms. The molecule has 3 rings (SSSR count). The van der Waals surface area contributed by atoms with Gasteiger partial charge in [0.05, 0.1) is 18.3 Å². The fraction of sp³-hybridized carbons (Fsp3) is 0.444. The first-order chi connectivity index (χ1) is 11.7. The van der Waals surface area contributed by atoms with Crippen molar-refractivity contribution < 1.29 is 9.63 Å². The zero-order valence-corrected chi connectivity index (χ0v) is 14.0. The summed E-state index contributed by atoms with van der Waals surface area (Å²) in [5.41, 5.74) is 2.03. The Labute approximate surface area is 142 Å². The SMILES string of the molecule is C[C@@H](NC(=O)CCN1CCCCO1)c1ccccc1-n1cccn1. The van der Waals surface area contributed by atoms with Gasteiger partial charge in [0.15, 0.2) is 0 Å². The number of nitrogens with zero attached hydrogens (tertiary/aromatic N) is 3. The van der Waals surface area contributed by atoms with E-state index in [0.29, 0.717) is 13.0 Å². The highest BCUT2D eigenvalue weighted by molar-refractivity contribution is 5.76. The summed E-state index contributed by atoms with van der Waals surface area (Å²) < 4.78 is 1.82. The van der Waals surface area contributed by atoms with Crippen LogP contribution in [0.4, 0.5) is 0 Å². The zero-order chi connectivity index (χ0) is 16.8. The van der Waals surface area contributed by atoms with Crippen LogP contribution < -0.4 is 5.32 Å². The molecule has 1 aliphatic heterocycles. The highest BCUT2D eigenvalue weighted by Crippen LogP contribution is 2.21. The van der Waals surface area contributed by atoms with Gasteiger partial charge in [-0.05, 0) is 37.5 Å². The van der Waals surface area contributed by atoms with Crippen molar-refractivity contribution in [2.24, 2.45) is 0 Å². The predicted molar refractivity (Wildman–Crippen MR) is 91.5 cm³/mol. The maximum Gasteiger partial charge on any atom is 0.221 e. The Bertz CT molecular complexity index is 651. The van der Waals surface area contributed by atoms with E-state index in [1.54, 1.807) is 6.20 Å². The first kappa shape index (κ1) is 16.7. The predicted octanol–water partition coefficient (Wildman–Crippen LogP) is 2.47. The second-order valence-corrected chi connectivity index (χ2v) is 6.02. The summed E-state index contributed by atoms with van der Waals surface area (Å²) in [5, 5.41) is 9.26. The Kier molecular flexibility index (Phi) is 5.61. The molecule has 2 aromatic rings. The Morgan fingerprint density at radius 1 is 1.33 bits per heavy atom. The van der Waals surface area contributed by atoms with Crippen molar-refractivity contribution in [3.63, 3.8) is 0 Å². The topological polar surface area (TPSA) is 59.4 Å². The van der Waals surface area contributed by atoms with Gasteiger partial charge in [0, 0.05) is 31.9 Å². The first-order valence-electron chi connectivity index (χ1n) is 8.50. The van der Waals surface area contributed by atoms with Gasteiger partial charge in [-0.25, -0.2) is 4.68 Å². The molecule has 1 N–H and O–H groups in total. The maximum atomic E-state index is 12.3. The van der Waals surface area contributed by atoms with Crippen LogP contribution in [0.1, 0.15) is 37.8 Å². The molecule has 6 heteroatoms. The van der Waals surface area contributed by atoms with Gasteiger partial charge in [-0.1, -0.05) is 18.2 Å². The van der Waals surface area contributed by atoms with E-state index in [0.717, 1.165) is 37.2 Å². The monoisotopic (exact) mass is 328 g/mol. The average molecular weight is 328 g/mol. The van der Waals surface area contributed by atoms with Crippen LogP contribution in [0.2, 0.25) is 0 Å². The Morgan fingerprint density at radius 3 is 2.96 bits per heavy atom. The normalized spacial score (nSPS) is 16.7. The van der Waals surface area contributed by atoms with Crippen molar-refractivity contribution in [1.29, 1.82) is 0 Å². The molecular weight excluding hydrogens is 304 g/mol. The summed E-state index contributed by atoms with van der Waals surface area (Å²) in [5.74, 6) is 0.0342. The second kappa shape index (κ2) is 8.08. The molecular formula is C18H24N4O2. The fourth-order valence-corrected chi connectivity index (χ4v) is 2.92. The molecule has 0 radical (unpaired) electrons. The van der Waals surface area contributed by atoms with Gasteiger partial charge in [0.25, 0.3) is 0 Å². The van der Waals surface area contributed by atoms with E-state index in [-0.39, 0.29) is 11.9 Å². The highest BCUT2D eigenvalue weighted by Gasteiger charge is 2.16. The van der Waals surface area contributed by atoms with Crippen LogP contribution in [0, 0.1) is 0 Å². The number of amides is 1. The third-order valence-corrected chi connectivity index (χ3v) is 4.20. The lowest BCUT2D eigenvalue weighted by molar-refractivity contribution is -0.181. The van der Waals surface area contributed by atoms with Crippen LogP contribution in [0.25, 0.3) is 5.69 Å². The van der Waals surface area contributed by atoms with Gasteiger partial charge in [-0.3, -0.25) is 9.63 Å². The van der Waals surface area contributed by atoms with Crippen molar-refractivity contribution in [3.8, 4) is 5.69 Å². The molecule has 128 valence electrons. The van der Waals surface area contributed by atoms with Crippen LogP contribution in [-0.2, 0) is 9.63 Å². The average Bonchev–Trinajstić information content (AvgIpc) is 3.15. The van der Waals surface area contributed by atoms with Gasteiger partial charge in [0.1, 0.15) is 0 Å². The lowest BCUT2D eigenvalue weighted by Crippen LogP contribution is -2.35. The van der Waals surface area contributed by atoms with Gasteiger partial charge in [-0.2, -0.15) is 10.2 Å². The van der Waals surface area contributed by atoms with Crippen molar-refractivity contribution >= 4 is 5.91 Å². The summed E-state index contributed by atoms with van der Waals surface area (Å²) in [6, 6.07) is 9.79. The van der Waals surface area contributed by atoms with Gasteiger partial charge < -0.3 is 5.32 Å². The van der Waals surface area contributed by atoms with Crippen LogP contribution in [0.5, 0.6) is 0 Å². The lowest BCUT2D eigenvalue weighted by atomic mass is 10.1. The molecule has 1 atom stereocenters. The number of carbonyl (C=O) groups excluding carboxylic acids is 1. The van der Waals surface area contributed by atoms with Crippen molar-refractivity contribution in [1.82, 2.24) is 20.2 Å². The van der Waals surface area contributed by atoms with E-state index in [1.165, 1.54) is 0 Å². The lowest BCUT2D eigenvalue weighted by Gasteiger charge is -2.26. The zero-order valence-electron chi connectivity index (χ0n) is 14.0. The molecule has 0 saturated carbocycles. The molecule has 0 bridgehead atoms. The molecule has 0 aliphatic carbocycles. The number of nitrogens with one attached hydrogen (secondary N) is 1. The van der Waals surface area contributed by atoms with Crippen molar-refractivity contribution in [2.75, 3.05) is 19.7 Å². The van der Waals surface area contributed by atoms with Crippen molar-refractivity contribution in [3.05, 3.63) is 48.3 Å².